The maximum atomic E-state index is 13.5. The molecule has 0 aromatic heterocycles. The second kappa shape index (κ2) is 5.95. The summed E-state index contributed by atoms with van der Waals surface area (Å²) >= 11 is 0. The van der Waals surface area contributed by atoms with E-state index < -0.39 is 37.7 Å². The standard InChI is InChI=1S/C11H13FN2O5S/c1-13(5-6-20(2,18)19)11(15)9-7-8(14(16)17)3-4-10(9)12/h3-4,7H,5-6H2,1-2H3. The highest BCUT2D eigenvalue weighted by atomic mass is 32.2. The Morgan fingerprint density at radius 2 is 2.05 bits per heavy atom. The number of hydrogen-bond acceptors (Lipinski definition) is 5. The van der Waals surface area contributed by atoms with Gasteiger partial charge in [-0.25, -0.2) is 12.8 Å². The summed E-state index contributed by atoms with van der Waals surface area (Å²) in [7, 11) is -1.97. The molecule has 0 heterocycles. The number of benzene rings is 1. The van der Waals surface area contributed by atoms with Crippen molar-refractivity contribution in [2.45, 2.75) is 0 Å². The molecular formula is C11H13FN2O5S. The zero-order valence-corrected chi connectivity index (χ0v) is 11.7. The predicted octanol–water partition coefficient (Wildman–Crippen LogP) is 0.850. The predicted molar refractivity (Wildman–Crippen MR) is 69.7 cm³/mol. The van der Waals surface area contributed by atoms with Crippen LogP contribution in [-0.2, 0) is 9.84 Å². The molecule has 0 radical (unpaired) electrons. The van der Waals surface area contributed by atoms with Gasteiger partial charge in [0.25, 0.3) is 11.6 Å². The monoisotopic (exact) mass is 304 g/mol. The van der Waals surface area contributed by atoms with Crippen LogP contribution in [0.5, 0.6) is 0 Å². The van der Waals surface area contributed by atoms with Crippen molar-refractivity contribution < 1.29 is 22.5 Å². The molecule has 0 saturated carbocycles. The smallest absolute Gasteiger partial charge is 0.270 e. The third-order valence-electron chi connectivity index (χ3n) is 2.54. The molecule has 0 aliphatic carbocycles. The Kier molecular flexibility index (Phi) is 4.77. The molecule has 0 aliphatic heterocycles. The first-order valence-corrected chi connectivity index (χ1v) is 7.55. The summed E-state index contributed by atoms with van der Waals surface area (Å²) in [6.45, 7) is -0.125. The lowest BCUT2D eigenvalue weighted by Gasteiger charge is -2.16. The number of halogens is 1. The molecule has 1 aromatic rings. The van der Waals surface area contributed by atoms with E-state index in [1.54, 1.807) is 0 Å². The maximum absolute atomic E-state index is 13.5. The fraction of sp³-hybridized carbons (Fsp3) is 0.364. The van der Waals surface area contributed by atoms with Crippen LogP contribution in [0.25, 0.3) is 0 Å². The summed E-state index contributed by atoms with van der Waals surface area (Å²) in [4.78, 5) is 22.8. The molecule has 0 N–H and O–H groups in total. The lowest BCUT2D eigenvalue weighted by molar-refractivity contribution is -0.384. The van der Waals surface area contributed by atoms with Crippen molar-refractivity contribution >= 4 is 21.4 Å². The molecule has 1 aromatic carbocycles. The Balaban J connectivity index is 2.96. The number of nitro benzene ring substituents is 1. The number of non-ortho nitro benzene ring substituents is 1. The van der Waals surface area contributed by atoms with Crippen LogP contribution >= 0.6 is 0 Å². The molecule has 9 heteroatoms. The van der Waals surface area contributed by atoms with Gasteiger partial charge in [0.05, 0.1) is 16.2 Å². The highest BCUT2D eigenvalue weighted by Crippen LogP contribution is 2.18. The second-order valence-electron chi connectivity index (χ2n) is 4.28. The Bertz CT molecular complexity index is 644. The van der Waals surface area contributed by atoms with Crippen LogP contribution in [0.4, 0.5) is 10.1 Å². The summed E-state index contributed by atoms with van der Waals surface area (Å²) in [5.74, 6) is -1.98. The Labute approximate surface area is 115 Å². The molecule has 110 valence electrons. The first kappa shape index (κ1) is 16.0. The second-order valence-corrected chi connectivity index (χ2v) is 6.54. The van der Waals surface area contributed by atoms with E-state index in [2.05, 4.69) is 0 Å². The van der Waals surface area contributed by atoms with E-state index in [1.807, 2.05) is 0 Å². The molecule has 0 atom stereocenters. The van der Waals surface area contributed by atoms with Gasteiger partial charge in [-0.1, -0.05) is 0 Å². The van der Waals surface area contributed by atoms with Crippen molar-refractivity contribution in [1.29, 1.82) is 0 Å². The molecule has 0 spiro atoms. The first-order valence-electron chi connectivity index (χ1n) is 5.49. The fourth-order valence-corrected chi connectivity index (χ4v) is 2.01. The highest BCUT2D eigenvalue weighted by Gasteiger charge is 2.20. The minimum Gasteiger partial charge on any atom is -0.341 e. The van der Waals surface area contributed by atoms with Crippen LogP contribution in [0.3, 0.4) is 0 Å². The number of carbonyl (C=O) groups is 1. The van der Waals surface area contributed by atoms with Crippen LogP contribution in [0.15, 0.2) is 18.2 Å². The van der Waals surface area contributed by atoms with E-state index in [-0.39, 0.29) is 12.3 Å². The van der Waals surface area contributed by atoms with Crippen molar-refractivity contribution in [3.05, 3.63) is 39.7 Å². The Morgan fingerprint density at radius 1 is 1.45 bits per heavy atom. The number of nitro groups is 1. The SMILES string of the molecule is CN(CCS(C)(=O)=O)C(=O)c1cc([N+](=O)[O-])ccc1F. The van der Waals surface area contributed by atoms with Gasteiger partial charge in [-0.2, -0.15) is 0 Å². The summed E-state index contributed by atoms with van der Waals surface area (Å²) in [5, 5.41) is 10.6. The first-order chi connectivity index (χ1) is 9.11. The largest absolute Gasteiger partial charge is 0.341 e. The van der Waals surface area contributed by atoms with Gasteiger partial charge in [0.2, 0.25) is 0 Å². The summed E-state index contributed by atoms with van der Waals surface area (Å²) < 4.78 is 35.5. The van der Waals surface area contributed by atoms with Gasteiger partial charge in [0.15, 0.2) is 0 Å². The lowest BCUT2D eigenvalue weighted by Crippen LogP contribution is -2.32. The molecule has 0 bridgehead atoms. The van der Waals surface area contributed by atoms with Crippen molar-refractivity contribution in [1.82, 2.24) is 4.90 Å². The van der Waals surface area contributed by atoms with E-state index >= 15 is 0 Å². The van der Waals surface area contributed by atoms with E-state index in [0.29, 0.717) is 0 Å². The van der Waals surface area contributed by atoms with Crippen molar-refractivity contribution in [2.75, 3.05) is 25.6 Å². The van der Waals surface area contributed by atoms with E-state index in [1.165, 1.54) is 7.05 Å². The van der Waals surface area contributed by atoms with E-state index in [4.69, 9.17) is 0 Å². The lowest BCUT2D eigenvalue weighted by atomic mass is 10.1. The number of nitrogens with zero attached hydrogens (tertiary/aromatic N) is 2. The van der Waals surface area contributed by atoms with Crippen LogP contribution in [-0.4, -0.2) is 49.7 Å². The van der Waals surface area contributed by atoms with Crippen LogP contribution in [0, 0.1) is 15.9 Å². The van der Waals surface area contributed by atoms with Crippen LogP contribution in [0.1, 0.15) is 10.4 Å². The average Bonchev–Trinajstić information content (AvgIpc) is 2.34. The van der Waals surface area contributed by atoms with Crippen molar-refractivity contribution in [2.24, 2.45) is 0 Å². The third kappa shape index (κ3) is 4.26. The molecule has 0 saturated heterocycles. The molecule has 20 heavy (non-hydrogen) atoms. The number of sulfone groups is 1. The average molecular weight is 304 g/mol. The van der Waals surface area contributed by atoms with E-state index in [9.17, 15) is 27.7 Å². The van der Waals surface area contributed by atoms with Gasteiger partial charge in [-0.3, -0.25) is 14.9 Å². The minimum atomic E-state index is -3.26. The van der Waals surface area contributed by atoms with Gasteiger partial charge >= 0.3 is 0 Å². The van der Waals surface area contributed by atoms with Crippen LogP contribution in [0.2, 0.25) is 0 Å². The highest BCUT2D eigenvalue weighted by molar-refractivity contribution is 7.90. The summed E-state index contributed by atoms with van der Waals surface area (Å²) in [6, 6.07) is 2.60. The molecular weight excluding hydrogens is 291 g/mol. The van der Waals surface area contributed by atoms with Crippen molar-refractivity contribution in [3.8, 4) is 0 Å². The van der Waals surface area contributed by atoms with Gasteiger partial charge in [0.1, 0.15) is 15.7 Å². The number of hydrogen-bond donors (Lipinski definition) is 0. The minimum absolute atomic E-state index is 0.125. The quantitative estimate of drug-likeness (QED) is 0.593. The zero-order chi connectivity index (χ0) is 15.5. The fourth-order valence-electron chi connectivity index (χ4n) is 1.40. The Morgan fingerprint density at radius 3 is 2.55 bits per heavy atom. The van der Waals surface area contributed by atoms with Gasteiger partial charge < -0.3 is 4.90 Å². The van der Waals surface area contributed by atoms with Crippen LogP contribution < -0.4 is 0 Å². The zero-order valence-electron chi connectivity index (χ0n) is 10.9. The third-order valence-corrected chi connectivity index (χ3v) is 3.46. The normalized spacial score (nSPS) is 11.2. The molecule has 1 rings (SSSR count). The van der Waals surface area contributed by atoms with Crippen molar-refractivity contribution in [3.63, 3.8) is 0 Å². The number of carbonyl (C=O) groups excluding carboxylic acids is 1. The molecule has 7 nitrogen and oxygen atoms in total. The molecule has 1 amide bonds. The maximum Gasteiger partial charge on any atom is 0.270 e. The number of rotatable bonds is 5. The summed E-state index contributed by atoms with van der Waals surface area (Å²) in [6.07, 6.45) is 1.01. The molecule has 0 fully saturated rings. The molecule has 0 unspecified atom stereocenters. The van der Waals surface area contributed by atoms with Gasteiger partial charge in [-0.15, -0.1) is 0 Å². The molecule has 0 aliphatic rings. The van der Waals surface area contributed by atoms with E-state index in [0.717, 1.165) is 29.4 Å². The van der Waals surface area contributed by atoms with Gasteiger partial charge in [0, 0.05) is 32.0 Å². The topological polar surface area (TPSA) is 97.6 Å². The Hall–Kier alpha value is -2.03. The summed E-state index contributed by atoms with van der Waals surface area (Å²) in [5.41, 5.74) is -0.874. The van der Waals surface area contributed by atoms with Gasteiger partial charge in [-0.05, 0) is 6.07 Å². The number of amides is 1.